The summed E-state index contributed by atoms with van der Waals surface area (Å²) in [6.07, 6.45) is 0.481. The van der Waals surface area contributed by atoms with E-state index in [4.69, 9.17) is 20.1 Å². The average Bonchev–Trinajstić information content (AvgIpc) is 2.72. The second-order valence-electron chi connectivity index (χ2n) is 5.66. The highest BCUT2D eigenvalue weighted by atomic mass is 32.2. The highest BCUT2D eigenvalue weighted by Crippen LogP contribution is 2.27. The molecule has 0 fully saturated rings. The molecule has 0 bridgehead atoms. The predicted octanol–water partition coefficient (Wildman–Crippen LogP) is 0.594. The van der Waals surface area contributed by atoms with Crippen molar-refractivity contribution in [3.05, 3.63) is 48.0 Å². The van der Waals surface area contributed by atoms with Crippen molar-refractivity contribution in [3.63, 3.8) is 0 Å². The van der Waals surface area contributed by atoms with E-state index in [0.29, 0.717) is 23.7 Å². The van der Waals surface area contributed by atoms with Crippen molar-refractivity contribution in [2.75, 3.05) is 27.4 Å². The molecule has 0 spiro atoms. The molecule has 2 aromatic carbocycles. The third-order valence-corrected chi connectivity index (χ3v) is 5.30. The van der Waals surface area contributed by atoms with Crippen LogP contribution >= 0.6 is 0 Å². The van der Waals surface area contributed by atoms with E-state index in [1.54, 1.807) is 26.4 Å². The molecule has 9 nitrogen and oxygen atoms in total. The van der Waals surface area contributed by atoms with E-state index in [1.807, 2.05) is 11.5 Å². The summed E-state index contributed by atoms with van der Waals surface area (Å²) < 4.78 is 42.9. The molecule has 0 aliphatic carbocycles. The van der Waals surface area contributed by atoms with Crippen LogP contribution in [0.5, 0.6) is 17.2 Å². The number of carbonyl (C=O) groups is 1. The average molecular weight is 409 g/mol. The maximum atomic E-state index is 12.4. The van der Waals surface area contributed by atoms with E-state index < -0.39 is 15.9 Å². The molecule has 0 aromatic heterocycles. The Hall–Kier alpha value is -2.82. The summed E-state index contributed by atoms with van der Waals surface area (Å²) >= 11 is 0. The topological polar surface area (TPSA) is 129 Å². The summed E-state index contributed by atoms with van der Waals surface area (Å²) in [5.74, 6) is 6.01. The Kier molecular flexibility index (Phi) is 7.61. The van der Waals surface area contributed by atoms with Crippen LogP contribution < -0.4 is 30.2 Å². The van der Waals surface area contributed by atoms with E-state index in [9.17, 15) is 13.2 Å². The number of hydrogen-bond donors (Lipinski definition) is 3. The van der Waals surface area contributed by atoms with Crippen LogP contribution in [0.1, 0.15) is 5.56 Å². The van der Waals surface area contributed by atoms with Gasteiger partial charge in [-0.15, -0.1) is 0 Å². The Morgan fingerprint density at radius 1 is 1.04 bits per heavy atom. The number of nitrogens with two attached hydrogens (primary N) is 1. The first kappa shape index (κ1) is 21.5. The summed E-state index contributed by atoms with van der Waals surface area (Å²) in [4.78, 5) is 11.1. The summed E-state index contributed by atoms with van der Waals surface area (Å²) in [7, 11) is -0.580. The van der Waals surface area contributed by atoms with Gasteiger partial charge >= 0.3 is 0 Å². The molecule has 0 aliphatic heterocycles. The largest absolute Gasteiger partial charge is 0.493 e. The molecule has 10 heteroatoms. The Labute approximate surface area is 163 Å². The van der Waals surface area contributed by atoms with Gasteiger partial charge in [0.05, 0.1) is 19.1 Å². The van der Waals surface area contributed by atoms with Crippen LogP contribution in [-0.2, 0) is 21.2 Å². The fourth-order valence-electron chi connectivity index (χ4n) is 2.35. The molecule has 2 rings (SSSR count). The number of sulfonamides is 1. The minimum Gasteiger partial charge on any atom is -0.493 e. The first-order valence-electron chi connectivity index (χ1n) is 8.32. The molecular weight excluding hydrogens is 386 g/mol. The number of hydrazine groups is 1. The van der Waals surface area contributed by atoms with Crippen LogP contribution in [0.3, 0.4) is 0 Å². The molecule has 0 heterocycles. The van der Waals surface area contributed by atoms with Crippen molar-refractivity contribution in [1.82, 2.24) is 10.1 Å². The number of carbonyl (C=O) groups excluding carboxylic acids is 1. The fourth-order valence-corrected chi connectivity index (χ4v) is 3.39. The highest BCUT2D eigenvalue weighted by molar-refractivity contribution is 7.89. The fraction of sp³-hybridized carbons (Fsp3) is 0.278. The van der Waals surface area contributed by atoms with E-state index in [0.717, 1.165) is 5.56 Å². The third-order valence-electron chi connectivity index (χ3n) is 3.82. The smallest absolute Gasteiger partial charge is 0.271 e. The quantitative estimate of drug-likeness (QED) is 0.298. The lowest BCUT2D eigenvalue weighted by Crippen LogP contribution is -2.34. The van der Waals surface area contributed by atoms with Crippen molar-refractivity contribution < 1.29 is 27.4 Å². The van der Waals surface area contributed by atoms with Crippen molar-refractivity contribution in [2.24, 2.45) is 5.84 Å². The second-order valence-corrected chi connectivity index (χ2v) is 7.43. The van der Waals surface area contributed by atoms with Crippen LogP contribution in [0.2, 0.25) is 0 Å². The van der Waals surface area contributed by atoms with E-state index in [-0.39, 0.29) is 18.0 Å². The van der Waals surface area contributed by atoms with Crippen LogP contribution in [0.4, 0.5) is 0 Å². The monoisotopic (exact) mass is 409 g/mol. The lowest BCUT2D eigenvalue weighted by molar-refractivity contribution is -0.123. The Morgan fingerprint density at radius 3 is 2.32 bits per heavy atom. The molecule has 1 amide bonds. The SMILES string of the molecule is COc1ccc(CCNS(=O)(=O)c2ccc(OCC(=O)NN)cc2)cc1OC. The van der Waals surface area contributed by atoms with Crippen LogP contribution in [-0.4, -0.2) is 41.7 Å². The summed E-state index contributed by atoms with van der Waals surface area (Å²) in [6.45, 7) is -0.0427. The molecule has 4 N–H and O–H groups in total. The summed E-state index contributed by atoms with van der Waals surface area (Å²) in [5, 5.41) is 0. The van der Waals surface area contributed by atoms with Gasteiger partial charge in [-0.1, -0.05) is 6.07 Å². The Balaban J connectivity index is 1.93. The first-order chi connectivity index (χ1) is 13.4. The van der Waals surface area contributed by atoms with Crippen LogP contribution in [0.15, 0.2) is 47.4 Å². The minimum atomic E-state index is -3.67. The van der Waals surface area contributed by atoms with Crippen molar-refractivity contribution in [2.45, 2.75) is 11.3 Å². The third kappa shape index (κ3) is 5.84. The zero-order chi connectivity index (χ0) is 20.6. The maximum Gasteiger partial charge on any atom is 0.271 e. The molecule has 0 saturated carbocycles. The molecule has 0 aliphatic rings. The van der Waals surface area contributed by atoms with Crippen molar-refractivity contribution in [3.8, 4) is 17.2 Å². The lowest BCUT2D eigenvalue weighted by Gasteiger charge is -2.11. The molecule has 28 heavy (non-hydrogen) atoms. The standard InChI is InChI=1S/C18H23N3O6S/c1-25-16-8-3-13(11-17(16)26-2)9-10-20-28(23,24)15-6-4-14(5-7-15)27-12-18(22)21-19/h3-8,11,20H,9-10,12,19H2,1-2H3,(H,21,22). The van der Waals surface area contributed by atoms with E-state index >= 15 is 0 Å². The number of rotatable bonds is 10. The molecule has 0 atom stereocenters. The number of hydrogen-bond acceptors (Lipinski definition) is 7. The van der Waals surface area contributed by atoms with Crippen LogP contribution in [0, 0.1) is 0 Å². The predicted molar refractivity (Wildman–Crippen MR) is 103 cm³/mol. The minimum absolute atomic E-state index is 0.0930. The first-order valence-corrected chi connectivity index (χ1v) is 9.81. The Morgan fingerprint density at radius 2 is 1.71 bits per heavy atom. The molecular formula is C18H23N3O6S. The van der Waals surface area contributed by atoms with E-state index in [2.05, 4.69) is 4.72 Å². The highest BCUT2D eigenvalue weighted by Gasteiger charge is 2.14. The van der Waals surface area contributed by atoms with Gasteiger partial charge < -0.3 is 14.2 Å². The van der Waals surface area contributed by atoms with Gasteiger partial charge in [0.2, 0.25) is 10.0 Å². The number of amides is 1. The number of ether oxygens (including phenoxy) is 3. The molecule has 2 aromatic rings. The van der Waals surface area contributed by atoms with Gasteiger partial charge in [-0.25, -0.2) is 19.0 Å². The van der Waals surface area contributed by atoms with Gasteiger partial charge in [-0.3, -0.25) is 10.2 Å². The lowest BCUT2D eigenvalue weighted by atomic mass is 10.1. The second kappa shape index (κ2) is 9.93. The van der Waals surface area contributed by atoms with Gasteiger partial charge in [0.25, 0.3) is 5.91 Å². The maximum absolute atomic E-state index is 12.4. The zero-order valence-corrected chi connectivity index (χ0v) is 16.4. The molecule has 0 radical (unpaired) electrons. The number of methoxy groups -OCH3 is 2. The van der Waals surface area contributed by atoms with Crippen molar-refractivity contribution in [1.29, 1.82) is 0 Å². The van der Waals surface area contributed by atoms with E-state index in [1.165, 1.54) is 24.3 Å². The summed E-state index contributed by atoms with van der Waals surface area (Å²) in [5.41, 5.74) is 2.84. The van der Waals surface area contributed by atoms with Gasteiger partial charge in [0.1, 0.15) is 5.75 Å². The van der Waals surface area contributed by atoms with Gasteiger partial charge in [0.15, 0.2) is 18.1 Å². The van der Waals surface area contributed by atoms with Gasteiger partial charge in [0, 0.05) is 6.54 Å². The number of benzene rings is 2. The van der Waals surface area contributed by atoms with Gasteiger partial charge in [-0.2, -0.15) is 0 Å². The zero-order valence-electron chi connectivity index (χ0n) is 15.6. The summed E-state index contributed by atoms with van der Waals surface area (Å²) in [6, 6.07) is 11.1. The number of nitrogens with one attached hydrogen (secondary N) is 2. The molecule has 0 saturated heterocycles. The van der Waals surface area contributed by atoms with Crippen LogP contribution in [0.25, 0.3) is 0 Å². The normalized spacial score (nSPS) is 11.0. The Bertz CT molecular complexity index is 900. The van der Waals surface area contributed by atoms with Crippen molar-refractivity contribution >= 4 is 15.9 Å². The van der Waals surface area contributed by atoms with Gasteiger partial charge in [-0.05, 0) is 48.4 Å². The molecule has 0 unspecified atom stereocenters. The molecule has 152 valence electrons.